The predicted molar refractivity (Wildman–Crippen MR) is 138 cm³/mol. The molecule has 0 saturated heterocycles. The average Bonchev–Trinajstić information content (AvgIpc) is 2.83. The van der Waals surface area contributed by atoms with E-state index in [2.05, 4.69) is 29.2 Å². The minimum atomic E-state index is -1.02. The molecule has 0 saturated carbocycles. The third-order valence-corrected chi connectivity index (χ3v) is 5.64. The number of hydrogen-bond acceptors (Lipinski definition) is 5. The number of hydrogen-bond donors (Lipinski definition) is 2. The SMILES string of the molecule is Cc1cc(OC/C=C(/c2ccc(Cl)cc2)c2ccc(CN(C)CCO)cc2)ccc1OCC(=O)O. The normalized spacial score (nSPS) is 11.5. The van der Waals surface area contributed by atoms with Gasteiger partial charge >= 0.3 is 5.97 Å². The van der Waals surface area contributed by atoms with E-state index in [9.17, 15) is 4.79 Å². The smallest absolute Gasteiger partial charge is 0.341 e. The van der Waals surface area contributed by atoms with Gasteiger partial charge in [-0.3, -0.25) is 4.90 Å². The zero-order valence-corrected chi connectivity index (χ0v) is 20.7. The molecule has 0 amide bonds. The first-order valence-electron chi connectivity index (χ1n) is 11.3. The lowest BCUT2D eigenvalue weighted by atomic mass is 9.96. The topological polar surface area (TPSA) is 79.2 Å². The Hall–Kier alpha value is -3.32. The molecule has 0 aliphatic carbocycles. The lowest BCUT2D eigenvalue weighted by Crippen LogP contribution is -2.21. The second-order valence-electron chi connectivity index (χ2n) is 8.20. The molecule has 6 nitrogen and oxygen atoms in total. The molecule has 2 N–H and O–H groups in total. The first-order valence-corrected chi connectivity index (χ1v) is 11.7. The number of carboxylic acid groups (broad SMARTS) is 1. The molecule has 0 bridgehead atoms. The van der Waals surface area contributed by atoms with E-state index in [-0.39, 0.29) is 13.2 Å². The quantitative estimate of drug-likeness (QED) is 0.366. The standard InChI is InChI=1S/C28H30ClNO5/c1-20-17-25(11-12-27(20)35-19-28(32)33)34-16-13-26(23-7-9-24(29)10-8-23)22-5-3-21(4-6-22)18-30(2)14-15-31/h3-13,17,31H,14-16,18-19H2,1-2H3,(H,32,33)/b26-13+. The van der Waals surface area contributed by atoms with Gasteiger partial charge in [0.1, 0.15) is 18.1 Å². The highest BCUT2D eigenvalue weighted by atomic mass is 35.5. The summed E-state index contributed by atoms with van der Waals surface area (Å²) in [5.41, 5.74) is 5.06. The Morgan fingerprint density at radius 3 is 2.26 bits per heavy atom. The maximum absolute atomic E-state index is 10.7. The maximum atomic E-state index is 10.7. The third kappa shape index (κ3) is 8.14. The Kier molecular flexibility index (Phi) is 9.73. The van der Waals surface area contributed by atoms with Crippen LogP contribution in [0.1, 0.15) is 22.3 Å². The van der Waals surface area contributed by atoms with Gasteiger partial charge in [-0.1, -0.05) is 48.0 Å². The zero-order chi connectivity index (χ0) is 25.2. The maximum Gasteiger partial charge on any atom is 0.341 e. The summed E-state index contributed by atoms with van der Waals surface area (Å²) >= 11 is 6.10. The number of benzene rings is 3. The summed E-state index contributed by atoms with van der Waals surface area (Å²) < 4.78 is 11.2. The van der Waals surface area contributed by atoms with Crippen LogP contribution in [0.15, 0.2) is 72.8 Å². The van der Waals surface area contributed by atoms with Gasteiger partial charge in [0.15, 0.2) is 6.61 Å². The van der Waals surface area contributed by atoms with Crippen molar-refractivity contribution in [2.45, 2.75) is 13.5 Å². The molecule has 7 heteroatoms. The van der Waals surface area contributed by atoms with Crippen LogP contribution >= 0.6 is 11.6 Å². The molecule has 0 aromatic heterocycles. The van der Waals surface area contributed by atoms with E-state index in [1.807, 2.05) is 50.4 Å². The number of carbonyl (C=O) groups is 1. The molecule has 0 fully saturated rings. The van der Waals surface area contributed by atoms with Crippen LogP contribution in [-0.4, -0.2) is 54.5 Å². The van der Waals surface area contributed by atoms with Crippen molar-refractivity contribution in [3.63, 3.8) is 0 Å². The molecule has 0 heterocycles. The summed E-state index contributed by atoms with van der Waals surface area (Å²) in [5.74, 6) is 0.163. The molecule has 3 aromatic carbocycles. The second kappa shape index (κ2) is 13.0. The Morgan fingerprint density at radius 2 is 1.66 bits per heavy atom. The van der Waals surface area contributed by atoms with Gasteiger partial charge in [0.2, 0.25) is 0 Å². The van der Waals surface area contributed by atoms with Gasteiger partial charge < -0.3 is 19.7 Å². The summed E-state index contributed by atoms with van der Waals surface area (Å²) in [4.78, 5) is 12.8. The van der Waals surface area contributed by atoms with Crippen LogP contribution in [0.5, 0.6) is 11.5 Å². The molecule has 0 atom stereocenters. The van der Waals surface area contributed by atoms with Gasteiger partial charge in [0.25, 0.3) is 0 Å². The minimum absolute atomic E-state index is 0.135. The number of aliphatic hydroxyl groups is 1. The molecule has 184 valence electrons. The van der Waals surface area contributed by atoms with Gasteiger partial charge in [-0.05, 0) is 78.2 Å². The van der Waals surface area contributed by atoms with Crippen molar-refractivity contribution >= 4 is 23.1 Å². The Balaban J connectivity index is 1.76. The van der Waals surface area contributed by atoms with Crippen LogP contribution in [0.4, 0.5) is 0 Å². The highest BCUT2D eigenvalue weighted by molar-refractivity contribution is 6.30. The summed E-state index contributed by atoms with van der Waals surface area (Å²) in [7, 11) is 1.98. The molecule has 3 rings (SSSR count). The van der Waals surface area contributed by atoms with Crippen LogP contribution in [-0.2, 0) is 11.3 Å². The van der Waals surface area contributed by atoms with E-state index in [0.717, 1.165) is 34.4 Å². The van der Waals surface area contributed by atoms with Gasteiger partial charge in [0, 0.05) is 18.1 Å². The molecule has 0 unspecified atom stereocenters. The first kappa shape index (κ1) is 26.3. The van der Waals surface area contributed by atoms with Crippen LogP contribution in [0.25, 0.3) is 5.57 Å². The Bertz CT molecular complexity index is 1140. The molecule has 0 aliphatic rings. The summed E-state index contributed by atoms with van der Waals surface area (Å²) in [6, 6.07) is 21.3. The molecular weight excluding hydrogens is 466 g/mol. The number of nitrogens with zero attached hydrogens (tertiary/aromatic N) is 1. The number of aryl methyl sites for hydroxylation is 1. The molecule has 0 spiro atoms. The van der Waals surface area contributed by atoms with Crippen molar-refractivity contribution in [1.82, 2.24) is 4.90 Å². The predicted octanol–water partition coefficient (Wildman–Crippen LogP) is 5.05. The lowest BCUT2D eigenvalue weighted by Gasteiger charge is -2.16. The van der Waals surface area contributed by atoms with Crippen molar-refractivity contribution in [2.75, 3.05) is 33.4 Å². The second-order valence-corrected chi connectivity index (χ2v) is 8.64. The highest BCUT2D eigenvalue weighted by Gasteiger charge is 2.08. The van der Waals surface area contributed by atoms with Crippen molar-refractivity contribution in [3.05, 3.63) is 100 Å². The van der Waals surface area contributed by atoms with E-state index in [1.165, 1.54) is 0 Å². The van der Waals surface area contributed by atoms with Crippen molar-refractivity contribution in [2.24, 2.45) is 0 Å². The zero-order valence-electron chi connectivity index (χ0n) is 19.9. The Morgan fingerprint density at radius 1 is 1.00 bits per heavy atom. The number of halogens is 1. The molecule has 35 heavy (non-hydrogen) atoms. The van der Waals surface area contributed by atoms with Gasteiger partial charge in [-0.25, -0.2) is 4.79 Å². The van der Waals surface area contributed by atoms with Gasteiger partial charge in [-0.15, -0.1) is 0 Å². The summed E-state index contributed by atoms with van der Waals surface area (Å²) in [6.07, 6.45) is 2.03. The van der Waals surface area contributed by atoms with Crippen molar-refractivity contribution in [3.8, 4) is 11.5 Å². The number of aliphatic carboxylic acids is 1. The minimum Gasteiger partial charge on any atom is -0.489 e. The van der Waals surface area contributed by atoms with E-state index in [0.29, 0.717) is 29.7 Å². The molecule has 3 aromatic rings. The largest absolute Gasteiger partial charge is 0.489 e. The molecule has 0 aliphatic heterocycles. The van der Waals surface area contributed by atoms with E-state index in [1.54, 1.807) is 12.1 Å². The van der Waals surface area contributed by atoms with Crippen LogP contribution in [0, 0.1) is 6.92 Å². The molecule has 0 radical (unpaired) electrons. The van der Waals surface area contributed by atoms with Crippen molar-refractivity contribution in [1.29, 1.82) is 0 Å². The van der Waals surface area contributed by atoms with Gasteiger partial charge in [0.05, 0.1) is 6.61 Å². The number of aliphatic hydroxyl groups excluding tert-OH is 1. The van der Waals surface area contributed by atoms with E-state index >= 15 is 0 Å². The lowest BCUT2D eigenvalue weighted by molar-refractivity contribution is -0.139. The first-order chi connectivity index (χ1) is 16.9. The van der Waals surface area contributed by atoms with Crippen LogP contribution < -0.4 is 9.47 Å². The molecular formula is C28H30ClNO5. The fourth-order valence-electron chi connectivity index (χ4n) is 3.62. The fourth-order valence-corrected chi connectivity index (χ4v) is 3.74. The number of rotatable bonds is 12. The Labute approximate surface area is 211 Å². The average molecular weight is 496 g/mol. The van der Waals surface area contributed by atoms with E-state index in [4.69, 9.17) is 31.3 Å². The highest BCUT2D eigenvalue weighted by Crippen LogP contribution is 2.27. The number of ether oxygens (including phenoxy) is 2. The summed E-state index contributed by atoms with van der Waals surface area (Å²) in [5, 5.41) is 18.6. The summed E-state index contributed by atoms with van der Waals surface area (Å²) in [6.45, 7) is 3.32. The van der Waals surface area contributed by atoms with Gasteiger partial charge in [-0.2, -0.15) is 0 Å². The van der Waals surface area contributed by atoms with Crippen LogP contribution in [0.2, 0.25) is 5.02 Å². The fraction of sp³-hybridized carbons (Fsp3) is 0.250. The van der Waals surface area contributed by atoms with Crippen molar-refractivity contribution < 1.29 is 24.5 Å². The van der Waals surface area contributed by atoms with Crippen LogP contribution in [0.3, 0.4) is 0 Å². The van der Waals surface area contributed by atoms with E-state index < -0.39 is 5.97 Å². The third-order valence-electron chi connectivity index (χ3n) is 5.39. The number of likely N-dealkylation sites (N-methyl/N-ethyl adjacent to an activating group) is 1. The number of carboxylic acids is 1. The monoisotopic (exact) mass is 495 g/mol.